The lowest BCUT2D eigenvalue weighted by molar-refractivity contribution is -0.667. The quantitative estimate of drug-likeness (QED) is 0.202. The molecule has 5 rings (SSSR count). The van der Waals surface area contributed by atoms with Gasteiger partial charge < -0.3 is 4.42 Å². The largest absolute Gasteiger partial charge is 0.456 e. The van der Waals surface area contributed by atoms with Crippen LogP contribution in [0.3, 0.4) is 0 Å². The molecule has 0 radical (unpaired) electrons. The Balaban J connectivity index is 1.90. The van der Waals surface area contributed by atoms with Crippen LogP contribution in [0.1, 0.15) is 42.1 Å². The molecular weight excluding hydrogens is 416 g/mol. The summed E-state index contributed by atoms with van der Waals surface area (Å²) < 4.78 is 8.99. The molecule has 2 aromatic heterocycles. The summed E-state index contributed by atoms with van der Waals surface area (Å²) in [6.45, 7) is 18.8. The highest BCUT2D eigenvalue weighted by Gasteiger charge is 2.26. The summed E-state index contributed by atoms with van der Waals surface area (Å²) in [6.07, 6.45) is 0. The van der Waals surface area contributed by atoms with Crippen molar-refractivity contribution in [1.29, 1.82) is 0 Å². The van der Waals surface area contributed by atoms with Gasteiger partial charge in [0.1, 0.15) is 18.2 Å². The van der Waals surface area contributed by atoms with Gasteiger partial charge in [0, 0.05) is 34.9 Å². The maximum atomic E-state index is 7.76. The van der Waals surface area contributed by atoms with Gasteiger partial charge in [0.05, 0.1) is 12.1 Å². The van der Waals surface area contributed by atoms with Crippen molar-refractivity contribution >= 4 is 27.6 Å². The third-order valence-electron chi connectivity index (χ3n) is 7.04. The fraction of sp³-hybridized carbons (Fsp3) is 0.226. The summed E-state index contributed by atoms with van der Waals surface area (Å²) in [6, 6.07) is 20.6. The number of rotatable bonds is 3. The smallest absolute Gasteiger partial charge is 0.216 e. The van der Waals surface area contributed by atoms with Crippen LogP contribution in [-0.4, -0.2) is 0 Å². The number of hydrogen-bond donors (Lipinski definition) is 0. The SMILES string of the molecule is [C-]#[N+]c1ccc2c(oc3c(-c4cc(C)c(C(C)C)c(C)[n+]4C)c(C)ccc32)c1-c1ccccc1. The maximum absolute atomic E-state index is 7.76. The number of furan rings is 1. The lowest BCUT2D eigenvalue weighted by Gasteiger charge is -2.15. The minimum absolute atomic E-state index is 0.462. The average molecular weight is 446 g/mol. The molecule has 0 atom stereocenters. The molecule has 2 heterocycles. The van der Waals surface area contributed by atoms with Gasteiger partial charge in [-0.25, -0.2) is 4.85 Å². The van der Waals surface area contributed by atoms with Gasteiger partial charge in [0.15, 0.2) is 11.4 Å². The van der Waals surface area contributed by atoms with E-state index in [9.17, 15) is 0 Å². The Morgan fingerprint density at radius 2 is 1.47 bits per heavy atom. The van der Waals surface area contributed by atoms with Crippen molar-refractivity contribution in [1.82, 2.24) is 0 Å². The zero-order valence-electron chi connectivity index (χ0n) is 20.7. The standard InChI is InChI=1S/C31H29N2O/c1-18(2)27-20(4)17-26(33(7)21(27)5)28-19(3)13-14-23-24-15-16-25(32-6)29(31(24)34-30(23)28)22-11-9-8-10-12-22/h8-18H,1-5,7H3/q+1. The first-order valence-corrected chi connectivity index (χ1v) is 11.8. The van der Waals surface area contributed by atoms with Crippen LogP contribution in [0.5, 0.6) is 0 Å². The maximum Gasteiger partial charge on any atom is 0.216 e. The highest BCUT2D eigenvalue weighted by molar-refractivity contribution is 6.15. The molecule has 0 aliphatic rings. The van der Waals surface area contributed by atoms with E-state index in [1.807, 2.05) is 42.5 Å². The summed E-state index contributed by atoms with van der Waals surface area (Å²) in [5.74, 6) is 0.462. The molecule has 0 N–H and O–H groups in total. The van der Waals surface area contributed by atoms with E-state index in [-0.39, 0.29) is 0 Å². The summed E-state index contributed by atoms with van der Waals surface area (Å²) >= 11 is 0. The number of fused-ring (bicyclic) bond motifs is 3. The van der Waals surface area contributed by atoms with Gasteiger partial charge in [-0.05, 0) is 36.5 Å². The number of hydrogen-bond acceptors (Lipinski definition) is 1. The van der Waals surface area contributed by atoms with Gasteiger partial charge in [-0.1, -0.05) is 68.4 Å². The first-order chi connectivity index (χ1) is 16.3. The van der Waals surface area contributed by atoms with Crippen molar-refractivity contribution in [2.24, 2.45) is 7.05 Å². The summed E-state index contributed by atoms with van der Waals surface area (Å²) in [4.78, 5) is 3.81. The Hall–Kier alpha value is -3.90. The molecule has 0 fully saturated rings. The number of benzene rings is 3. The van der Waals surface area contributed by atoms with E-state index < -0.39 is 0 Å². The molecule has 3 aromatic carbocycles. The molecule has 3 heteroatoms. The highest BCUT2D eigenvalue weighted by Crippen LogP contribution is 2.44. The fourth-order valence-electron chi connectivity index (χ4n) is 5.43. The van der Waals surface area contributed by atoms with E-state index in [2.05, 4.69) is 69.3 Å². The molecule has 5 aromatic rings. The van der Waals surface area contributed by atoms with Crippen LogP contribution in [0.25, 0.3) is 49.2 Å². The van der Waals surface area contributed by atoms with Crippen LogP contribution in [-0.2, 0) is 7.05 Å². The van der Waals surface area contributed by atoms with Crippen LogP contribution in [0.15, 0.2) is 65.1 Å². The van der Waals surface area contributed by atoms with Crippen LogP contribution in [0, 0.1) is 27.3 Å². The van der Waals surface area contributed by atoms with Gasteiger partial charge >= 0.3 is 0 Å². The Labute approximate surface area is 201 Å². The predicted molar refractivity (Wildman–Crippen MR) is 140 cm³/mol. The summed E-state index contributed by atoms with van der Waals surface area (Å²) in [7, 11) is 2.14. The topological polar surface area (TPSA) is 21.4 Å². The van der Waals surface area contributed by atoms with Gasteiger partial charge in [-0.3, -0.25) is 0 Å². The monoisotopic (exact) mass is 445 g/mol. The second-order valence-corrected chi connectivity index (χ2v) is 9.48. The van der Waals surface area contributed by atoms with Gasteiger partial charge in [0.25, 0.3) is 0 Å². The van der Waals surface area contributed by atoms with Crippen molar-refractivity contribution in [3.63, 3.8) is 0 Å². The first kappa shape index (κ1) is 21.9. The summed E-state index contributed by atoms with van der Waals surface area (Å²) in [5, 5.41) is 2.12. The first-order valence-electron chi connectivity index (χ1n) is 11.8. The van der Waals surface area contributed by atoms with Crippen molar-refractivity contribution in [3.8, 4) is 22.4 Å². The number of aryl methyl sites for hydroxylation is 2. The van der Waals surface area contributed by atoms with Crippen molar-refractivity contribution < 1.29 is 8.98 Å². The third kappa shape index (κ3) is 3.22. The van der Waals surface area contributed by atoms with Crippen molar-refractivity contribution in [2.75, 3.05) is 0 Å². The molecule has 0 aliphatic heterocycles. The van der Waals surface area contributed by atoms with Gasteiger partial charge in [-0.2, -0.15) is 4.57 Å². The Kier molecular flexibility index (Phi) is 5.25. The van der Waals surface area contributed by atoms with Crippen LogP contribution in [0.2, 0.25) is 0 Å². The molecule has 0 spiro atoms. The second kappa shape index (κ2) is 8.15. The Morgan fingerprint density at radius 3 is 2.12 bits per heavy atom. The van der Waals surface area contributed by atoms with Crippen LogP contribution in [0.4, 0.5) is 5.69 Å². The molecule has 0 saturated carbocycles. The molecular formula is C31H29N2O+. The summed E-state index contributed by atoms with van der Waals surface area (Å²) in [5.41, 5.74) is 11.5. The molecule has 0 bridgehead atoms. The number of aromatic nitrogens is 1. The Bertz CT molecular complexity index is 1620. The molecule has 34 heavy (non-hydrogen) atoms. The average Bonchev–Trinajstić information content (AvgIpc) is 3.19. The molecule has 168 valence electrons. The zero-order chi connectivity index (χ0) is 24.1. The molecule has 0 saturated heterocycles. The molecule has 0 amide bonds. The van der Waals surface area contributed by atoms with E-state index in [1.54, 1.807) is 0 Å². The number of pyridine rings is 1. The predicted octanol–water partition coefficient (Wildman–Crippen LogP) is 8.34. The van der Waals surface area contributed by atoms with E-state index >= 15 is 0 Å². The zero-order valence-corrected chi connectivity index (χ0v) is 20.7. The normalized spacial score (nSPS) is 11.5. The second-order valence-electron chi connectivity index (χ2n) is 9.48. The van der Waals surface area contributed by atoms with Crippen LogP contribution < -0.4 is 4.57 Å². The third-order valence-corrected chi connectivity index (χ3v) is 7.04. The minimum Gasteiger partial charge on any atom is -0.456 e. The van der Waals surface area contributed by atoms with Gasteiger partial charge in [-0.15, -0.1) is 0 Å². The lowest BCUT2D eigenvalue weighted by atomic mass is 9.93. The fourth-order valence-corrected chi connectivity index (χ4v) is 5.43. The lowest BCUT2D eigenvalue weighted by Crippen LogP contribution is -2.37. The van der Waals surface area contributed by atoms with Crippen LogP contribution >= 0.6 is 0 Å². The molecule has 0 aliphatic carbocycles. The van der Waals surface area contributed by atoms with E-state index in [1.165, 1.54) is 22.4 Å². The van der Waals surface area contributed by atoms with E-state index in [4.69, 9.17) is 11.0 Å². The number of nitrogens with zero attached hydrogens (tertiary/aromatic N) is 2. The Morgan fingerprint density at radius 1 is 0.824 bits per heavy atom. The van der Waals surface area contributed by atoms with E-state index in [0.29, 0.717) is 11.6 Å². The minimum atomic E-state index is 0.462. The molecule has 3 nitrogen and oxygen atoms in total. The van der Waals surface area contributed by atoms with Gasteiger partial charge in [0.2, 0.25) is 5.69 Å². The van der Waals surface area contributed by atoms with Crippen molar-refractivity contribution in [3.05, 3.63) is 94.5 Å². The van der Waals surface area contributed by atoms with Crippen molar-refractivity contribution in [2.45, 2.75) is 40.5 Å². The molecule has 0 unspecified atom stereocenters. The van der Waals surface area contributed by atoms with E-state index in [0.717, 1.165) is 44.3 Å². The highest BCUT2D eigenvalue weighted by atomic mass is 16.3.